The summed E-state index contributed by atoms with van der Waals surface area (Å²) >= 11 is 5.26. The molecule has 0 aliphatic rings. The number of nitrogens with zero attached hydrogens (tertiary/aromatic N) is 1. The molecule has 4 heteroatoms. The maximum atomic E-state index is 5.77. The Balaban J connectivity index is 2.52. The van der Waals surface area contributed by atoms with E-state index < -0.39 is 0 Å². The Kier molecular flexibility index (Phi) is 3.54. The highest BCUT2D eigenvalue weighted by Crippen LogP contribution is 2.30. The van der Waals surface area contributed by atoms with Crippen LogP contribution in [0.1, 0.15) is 13.8 Å². The Labute approximate surface area is 105 Å². The maximum Gasteiger partial charge on any atom is 0.127 e. The number of hydrogen-bond acceptors (Lipinski definition) is 3. The van der Waals surface area contributed by atoms with Gasteiger partial charge in [-0.25, -0.2) is 4.98 Å². The molecule has 3 nitrogen and oxygen atoms in total. The van der Waals surface area contributed by atoms with Gasteiger partial charge in [0.1, 0.15) is 10.4 Å². The zero-order chi connectivity index (χ0) is 12.3. The van der Waals surface area contributed by atoms with Crippen molar-refractivity contribution in [3.8, 4) is 16.9 Å². The van der Waals surface area contributed by atoms with Crippen molar-refractivity contribution >= 4 is 12.2 Å². The second kappa shape index (κ2) is 5.10. The molecule has 0 fully saturated rings. The van der Waals surface area contributed by atoms with Crippen molar-refractivity contribution in [1.29, 1.82) is 0 Å². The van der Waals surface area contributed by atoms with E-state index in [9.17, 15) is 0 Å². The van der Waals surface area contributed by atoms with E-state index in [2.05, 4.69) is 9.97 Å². The molecule has 1 heterocycles. The average Bonchev–Trinajstić information content (AvgIpc) is 2.30. The van der Waals surface area contributed by atoms with Crippen LogP contribution in [0.4, 0.5) is 0 Å². The summed E-state index contributed by atoms with van der Waals surface area (Å²) in [5.74, 6) is 0.829. The molecule has 0 unspecified atom stereocenters. The van der Waals surface area contributed by atoms with Crippen molar-refractivity contribution in [2.24, 2.45) is 0 Å². The van der Waals surface area contributed by atoms with Gasteiger partial charge in [-0.1, -0.05) is 30.4 Å². The van der Waals surface area contributed by atoms with Gasteiger partial charge in [0.15, 0.2) is 0 Å². The first kappa shape index (κ1) is 11.8. The zero-order valence-electron chi connectivity index (χ0n) is 9.81. The summed E-state index contributed by atoms with van der Waals surface area (Å²) in [6.07, 6.45) is 3.46. The minimum absolute atomic E-state index is 0.130. The van der Waals surface area contributed by atoms with E-state index in [0.29, 0.717) is 4.64 Å². The van der Waals surface area contributed by atoms with Crippen molar-refractivity contribution in [2.75, 3.05) is 0 Å². The molecule has 0 spiro atoms. The molecule has 17 heavy (non-hydrogen) atoms. The smallest absolute Gasteiger partial charge is 0.127 e. The number of H-pyrrole nitrogens is 1. The van der Waals surface area contributed by atoms with Gasteiger partial charge < -0.3 is 9.72 Å². The number of aromatic nitrogens is 2. The van der Waals surface area contributed by atoms with E-state index in [4.69, 9.17) is 17.0 Å². The van der Waals surface area contributed by atoms with Crippen LogP contribution in [0.5, 0.6) is 5.75 Å². The van der Waals surface area contributed by atoms with E-state index in [-0.39, 0.29) is 6.10 Å². The van der Waals surface area contributed by atoms with Gasteiger partial charge in [0, 0.05) is 17.3 Å². The topological polar surface area (TPSA) is 37.9 Å². The quantitative estimate of drug-likeness (QED) is 0.841. The largest absolute Gasteiger partial charge is 0.490 e. The van der Waals surface area contributed by atoms with Crippen molar-refractivity contribution < 1.29 is 4.74 Å². The Morgan fingerprint density at radius 3 is 2.71 bits per heavy atom. The van der Waals surface area contributed by atoms with Gasteiger partial charge in [0.25, 0.3) is 0 Å². The first-order valence-electron chi connectivity index (χ1n) is 5.47. The van der Waals surface area contributed by atoms with Gasteiger partial charge in [0.2, 0.25) is 0 Å². The lowest BCUT2D eigenvalue weighted by atomic mass is 10.1. The molecule has 0 amide bonds. The monoisotopic (exact) mass is 246 g/mol. The van der Waals surface area contributed by atoms with Gasteiger partial charge in [-0.3, -0.25) is 0 Å². The highest BCUT2D eigenvalue weighted by atomic mass is 32.1. The highest BCUT2D eigenvalue weighted by Gasteiger charge is 2.08. The molecular formula is C13H14N2OS. The minimum atomic E-state index is 0.130. The number of ether oxygens (including phenoxy) is 1. The fourth-order valence-corrected chi connectivity index (χ4v) is 1.80. The fraction of sp³-hybridized carbons (Fsp3) is 0.231. The van der Waals surface area contributed by atoms with Crippen LogP contribution in [0, 0.1) is 4.64 Å². The molecule has 0 atom stereocenters. The van der Waals surface area contributed by atoms with Crippen molar-refractivity contribution in [2.45, 2.75) is 20.0 Å². The number of para-hydroxylation sites is 1. The average molecular weight is 246 g/mol. The third-order valence-corrected chi connectivity index (χ3v) is 2.60. The summed E-state index contributed by atoms with van der Waals surface area (Å²) in [5, 5.41) is 0. The van der Waals surface area contributed by atoms with Crippen molar-refractivity contribution in [3.05, 3.63) is 41.4 Å². The van der Waals surface area contributed by atoms with Crippen LogP contribution < -0.4 is 4.74 Å². The molecular weight excluding hydrogens is 232 g/mol. The van der Waals surface area contributed by atoms with Gasteiger partial charge in [-0.15, -0.1) is 0 Å². The molecule has 2 aromatic rings. The van der Waals surface area contributed by atoms with Crippen LogP contribution in [-0.2, 0) is 0 Å². The predicted octanol–water partition coefficient (Wildman–Crippen LogP) is 3.59. The maximum absolute atomic E-state index is 5.77. The Morgan fingerprint density at radius 1 is 1.24 bits per heavy atom. The number of benzene rings is 1. The van der Waals surface area contributed by atoms with Crippen LogP contribution in [0.2, 0.25) is 0 Å². The molecule has 0 radical (unpaired) electrons. The molecule has 0 aliphatic carbocycles. The third kappa shape index (κ3) is 2.71. The molecule has 88 valence electrons. The Bertz CT molecular complexity index is 563. The predicted molar refractivity (Wildman–Crippen MR) is 70.6 cm³/mol. The molecule has 0 saturated heterocycles. The van der Waals surface area contributed by atoms with E-state index in [1.54, 1.807) is 12.5 Å². The number of nitrogens with one attached hydrogen (secondary N) is 1. The molecule has 0 bridgehead atoms. The molecule has 1 N–H and O–H groups in total. The lowest BCUT2D eigenvalue weighted by Gasteiger charge is -2.13. The summed E-state index contributed by atoms with van der Waals surface area (Å²) in [6.45, 7) is 4.00. The third-order valence-electron chi connectivity index (χ3n) is 2.26. The second-order valence-electron chi connectivity index (χ2n) is 3.96. The van der Waals surface area contributed by atoms with Crippen molar-refractivity contribution in [3.63, 3.8) is 0 Å². The Hall–Kier alpha value is -1.68. The Morgan fingerprint density at radius 2 is 2.00 bits per heavy atom. The van der Waals surface area contributed by atoms with Gasteiger partial charge >= 0.3 is 0 Å². The second-order valence-corrected chi connectivity index (χ2v) is 4.37. The fourth-order valence-electron chi connectivity index (χ4n) is 1.58. The van der Waals surface area contributed by atoms with Gasteiger partial charge in [0.05, 0.1) is 12.4 Å². The van der Waals surface area contributed by atoms with Crippen LogP contribution in [0.25, 0.3) is 11.1 Å². The number of hydrogen-bond donors (Lipinski definition) is 1. The van der Waals surface area contributed by atoms with E-state index >= 15 is 0 Å². The standard InChI is InChI=1S/C13H14N2OS/c1-9(2)16-12-6-4-3-5-10(12)11-7-14-8-15-13(11)17/h3-9H,1-2H3,(H,14,15,17). The summed E-state index contributed by atoms with van der Waals surface area (Å²) in [4.78, 5) is 6.99. The van der Waals surface area contributed by atoms with Gasteiger partial charge in [-0.2, -0.15) is 0 Å². The molecule has 0 aliphatic heterocycles. The zero-order valence-corrected chi connectivity index (χ0v) is 10.6. The SMILES string of the molecule is CC(C)Oc1ccccc1-c1cnc[nH]c1=S. The number of rotatable bonds is 3. The summed E-state index contributed by atoms with van der Waals surface area (Å²) in [7, 11) is 0. The molecule has 2 rings (SSSR count). The number of aromatic amines is 1. The lowest BCUT2D eigenvalue weighted by molar-refractivity contribution is 0.243. The van der Waals surface area contributed by atoms with Crippen LogP contribution >= 0.6 is 12.2 Å². The van der Waals surface area contributed by atoms with Crippen LogP contribution in [-0.4, -0.2) is 16.1 Å². The highest BCUT2D eigenvalue weighted by molar-refractivity contribution is 7.71. The van der Waals surface area contributed by atoms with Crippen molar-refractivity contribution in [1.82, 2.24) is 9.97 Å². The first-order chi connectivity index (χ1) is 8.18. The first-order valence-corrected chi connectivity index (χ1v) is 5.88. The van der Waals surface area contributed by atoms with E-state index in [1.165, 1.54) is 0 Å². The van der Waals surface area contributed by atoms with Crippen LogP contribution in [0.15, 0.2) is 36.8 Å². The van der Waals surface area contributed by atoms with E-state index in [1.807, 2.05) is 38.1 Å². The minimum Gasteiger partial charge on any atom is -0.490 e. The molecule has 1 aromatic carbocycles. The summed E-state index contributed by atoms with van der Waals surface area (Å²) in [6, 6.07) is 7.84. The summed E-state index contributed by atoms with van der Waals surface area (Å²) in [5.41, 5.74) is 1.86. The molecule has 0 saturated carbocycles. The normalized spacial score (nSPS) is 10.5. The van der Waals surface area contributed by atoms with Crippen LogP contribution in [0.3, 0.4) is 0 Å². The molecule has 1 aromatic heterocycles. The van der Waals surface area contributed by atoms with E-state index in [0.717, 1.165) is 16.9 Å². The lowest BCUT2D eigenvalue weighted by Crippen LogP contribution is -2.06. The summed E-state index contributed by atoms with van der Waals surface area (Å²) < 4.78 is 6.43. The van der Waals surface area contributed by atoms with Gasteiger partial charge in [-0.05, 0) is 19.9 Å².